The zero-order valence-electron chi connectivity index (χ0n) is 24.0. The molecule has 0 saturated carbocycles. The zero-order chi connectivity index (χ0) is 30.8. The van der Waals surface area contributed by atoms with Crippen LogP contribution < -0.4 is 20.9 Å². The smallest absolute Gasteiger partial charge is 0.263 e. The van der Waals surface area contributed by atoms with Crippen LogP contribution >= 0.6 is 23.2 Å². The van der Waals surface area contributed by atoms with Crippen LogP contribution in [0.1, 0.15) is 57.4 Å². The van der Waals surface area contributed by atoms with Gasteiger partial charge in [0.1, 0.15) is 0 Å². The van der Waals surface area contributed by atoms with Crippen LogP contribution in [0.5, 0.6) is 5.88 Å². The highest BCUT2D eigenvalue weighted by molar-refractivity contribution is 6.42. The van der Waals surface area contributed by atoms with Gasteiger partial charge in [-0.25, -0.2) is 14.5 Å². The highest BCUT2D eigenvalue weighted by Gasteiger charge is 2.32. The Hall–Kier alpha value is -4.41. The minimum atomic E-state index is -0.360. The molecule has 2 atom stereocenters. The van der Waals surface area contributed by atoms with E-state index in [1.165, 1.54) is 10.6 Å². The van der Waals surface area contributed by atoms with E-state index in [0.717, 1.165) is 5.56 Å². The molecule has 3 heterocycles. The van der Waals surface area contributed by atoms with Crippen molar-refractivity contribution >= 4 is 41.0 Å². The van der Waals surface area contributed by atoms with Gasteiger partial charge >= 0.3 is 0 Å². The average molecular weight is 622 g/mol. The van der Waals surface area contributed by atoms with Gasteiger partial charge in [0.2, 0.25) is 11.8 Å². The number of carbonyl (C=O) groups excluding carboxylic acids is 2. The van der Waals surface area contributed by atoms with Crippen molar-refractivity contribution in [2.24, 2.45) is 0 Å². The molecule has 2 aromatic carbocycles. The minimum absolute atomic E-state index is 0.126. The van der Waals surface area contributed by atoms with E-state index in [-0.39, 0.29) is 47.0 Å². The third-order valence-corrected chi connectivity index (χ3v) is 8.20. The third-order valence-electron chi connectivity index (χ3n) is 7.46. The molecule has 2 N–H and O–H groups in total. The fourth-order valence-corrected chi connectivity index (χ4v) is 5.44. The molecule has 0 saturated heterocycles. The number of aromatic nitrogens is 3. The maximum absolute atomic E-state index is 14.2. The Morgan fingerprint density at radius 1 is 1.07 bits per heavy atom. The van der Waals surface area contributed by atoms with Gasteiger partial charge in [0, 0.05) is 41.5 Å². The van der Waals surface area contributed by atoms with Crippen LogP contribution in [0.25, 0.3) is 5.69 Å². The highest BCUT2D eigenvalue weighted by Crippen LogP contribution is 2.29. The lowest BCUT2D eigenvalue weighted by molar-refractivity contribution is 0.0653. The molecule has 5 rings (SSSR count). The molecular formula is C31H30Cl2N6O4. The van der Waals surface area contributed by atoms with Crippen molar-refractivity contribution in [3.8, 4) is 11.6 Å². The number of fused-ring (bicyclic) bond motifs is 1. The zero-order valence-corrected chi connectivity index (χ0v) is 25.5. The van der Waals surface area contributed by atoms with Crippen LogP contribution in [0.15, 0.2) is 65.6 Å². The van der Waals surface area contributed by atoms with Crippen molar-refractivity contribution in [1.82, 2.24) is 24.8 Å². The summed E-state index contributed by atoms with van der Waals surface area (Å²) in [5.74, 6) is 0.233. The number of hydrogen-bond acceptors (Lipinski definition) is 7. The maximum Gasteiger partial charge on any atom is 0.263 e. The molecule has 0 bridgehead atoms. The summed E-state index contributed by atoms with van der Waals surface area (Å²) < 4.78 is 6.94. The molecule has 0 spiro atoms. The summed E-state index contributed by atoms with van der Waals surface area (Å²) in [4.78, 5) is 50.7. The minimum Gasteiger partial charge on any atom is -0.481 e. The molecule has 4 aromatic rings. The Labute approximate surface area is 258 Å². The fourth-order valence-electron chi connectivity index (χ4n) is 5.14. The fraction of sp³-hybridized carbons (Fsp3) is 0.258. The first-order chi connectivity index (χ1) is 20.6. The normalized spacial score (nSPS) is 14.9. The highest BCUT2D eigenvalue weighted by atomic mass is 35.5. The first-order valence-electron chi connectivity index (χ1n) is 13.6. The van der Waals surface area contributed by atoms with Crippen LogP contribution in [0.2, 0.25) is 10.0 Å². The Morgan fingerprint density at radius 3 is 2.47 bits per heavy atom. The molecule has 0 fully saturated rings. The predicted molar refractivity (Wildman–Crippen MR) is 166 cm³/mol. The Kier molecular flexibility index (Phi) is 8.70. The van der Waals surface area contributed by atoms with Crippen molar-refractivity contribution in [1.29, 1.82) is 0 Å². The SMILES string of the molecule is CNC(=O)c1ccc(-n2c(N[C@H](C)c3cccnc3OC)nc3c(c2=O)C[C@@H](C)N(C(=O)c2ccc(Cl)c(Cl)c2)C3)cc1. The van der Waals surface area contributed by atoms with Gasteiger partial charge in [-0.3, -0.25) is 14.4 Å². The molecule has 1 aliphatic rings. The summed E-state index contributed by atoms with van der Waals surface area (Å²) in [7, 11) is 3.10. The lowest BCUT2D eigenvalue weighted by atomic mass is 9.98. The summed E-state index contributed by atoms with van der Waals surface area (Å²) in [5.41, 5.74) is 2.88. The molecule has 1 aliphatic heterocycles. The van der Waals surface area contributed by atoms with Crippen LogP contribution in [-0.4, -0.2) is 51.4 Å². The molecule has 12 heteroatoms. The van der Waals surface area contributed by atoms with Crippen LogP contribution in [-0.2, 0) is 13.0 Å². The first-order valence-corrected chi connectivity index (χ1v) is 14.4. The quantitative estimate of drug-likeness (QED) is 0.296. The Morgan fingerprint density at radius 2 is 1.79 bits per heavy atom. The summed E-state index contributed by atoms with van der Waals surface area (Å²) >= 11 is 12.2. The number of benzene rings is 2. The first kappa shape index (κ1) is 30.1. The summed E-state index contributed by atoms with van der Waals surface area (Å²) in [5, 5.41) is 6.60. The number of nitrogens with zero attached hydrogens (tertiary/aromatic N) is 4. The maximum atomic E-state index is 14.2. The number of nitrogens with one attached hydrogen (secondary N) is 2. The molecule has 10 nitrogen and oxygen atoms in total. The van der Waals surface area contributed by atoms with Crippen molar-refractivity contribution in [2.75, 3.05) is 19.5 Å². The molecule has 0 unspecified atom stereocenters. The number of ether oxygens (including phenoxy) is 1. The van der Waals surface area contributed by atoms with Gasteiger partial charge in [0.05, 0.1) is 41.1 Å². The number of halogens is 2. The van der Waals surface area contributed by atoms with E-state index in [0.29, 0.717) is 45.4 Å². The number of pyridine rings is 1. The molecule has 43 heavy (non-hydrogen) atoms. The van der Waals surface area contributed by atoms with Crippen LogP contribution in [0.3, 0.4) is 0 Å². The number of methoxy groups -OCH3 is 1. The summed E-state index contributed by atoms with van der Waals surface area (Å²) in [6.45, 7) is 3.93. The summed E-state index contributed by atoms with van der Waals surface area (Å²) in [6.07, 6.45) is 1.94. The van der Waals surface area contributed by atoms with E-state index in [1.54, 1.807) is 67.7 Å². The van der Waals surface area contributed by atoms with Gasteiger partial charge in [0.25, 0.3) is 17.4 Å². The lowest BCUT2D eigenvalue weighted by Gasteiger charge is -2.35. The number of hydrogen-bond donors (Lipinski definition) is 2. The molecule has 0 radical (unpaired) electrons. The van der Waals surface area contributed by atoms with Crippen molar-refractivity contribution in [3.05, 3.63) is 109 Å². The number of amides is 2. The monoisotopic (exact) mass is 620 g/mol. The molecule has 0 aliphatic carbocycles. The van der Waals surface area contributed by atoms with E-state index in [1.807, 2.05) is 19.9 Å². The van der Waals surface area contributed by atoms with Crippen LogP contribution in [0.4, 0.5) is 5.95 Å². The molecular weight excluding hydrogens is 591 g/mol. The summed E-state index contributed by atoms with van der Waals surface area (Å²) in [6, 6.07) is 14.5. The van der Waals surface area contributed by atoms with Gasteiger partial charge in [0.15, 0.2) is 0 Å². The second kappa shape index (κ2) is 12.4. The molecule has 2 aromatic heterocycles. The number of rotatable bonds is 7. The second-order valence-corrected chi connectivity index (χ2v) is 11.0. The van der Waals surface area contributed by atoms with Gasteiger partial charge in [-0.15, -0.1) is 0 Å². The van der Waals surface area contributed by atoms with Crippen molar-refractivity contribution < 1.29 is 14.3 Å². The number of anilines is 1. The van der Waals surface area contributed by atoms with E-state index in [4.69, 9.17) is 32.9 Å². The Balaban J connectivity index is 1.59. The largest absolute Gasteiger partial charge is 0.481 e. The molecule has 222 valence electrons. The van der Waals surface area contributed by atoms with Gasteiger partial charge < -0.3 is 20.3 Å². The standard InChI is InChI=1S/C31H30Cl2N6O4/c1-17-14-23-26(16-38(17)29(41)20-9-12-24(32)25(33)15-20)37-31(36-18(2)22-6-5-13-35-28(22)43-4)39(30(23)42)21-10-7-19(8-11-21)27(40)34-3/h5-13,15,17-18H,14,16H2,1-4H3,(H,34,40)(H,36,37)/t17-,18-/m1/s1. The third kappa shape index (κ3) is 5.93. The van der Waals surface area contributed by atoms with Crippen molar-refractivity contribution in [2.45, 2.75) is 38.9 Å². The molecule has 2 amide bonds. The van der Waals surface area contributed by atoms with E-state index in [2.05, 4.69) is 15.6 Å². The van der Waals surface area contributed by atoms with Gasteiger partial charge in [-0.05, 0) is 68.8 Å². The van der Waals surface area contributed by atoms with E-state index >= 15 is 0 Å². The van der Waals surface area contributed by atoms with Crippen LogP contribution in [0, 0.1) is 0 Å². The van der Waals surface area contributed by atoms with Gasteiger partial charge in [-0.1, -0.05) is 29.3 Å². The Bertz CT molecular complexity index is 1760. The second-order valence-electron chi connectivity index (χ2n) is 10.2. The van der Waals surface area contributed by atoms with E-state index in [9.17, 15) is 14.4 Å². The van der Waals surface area contributed by atoms with Gasteiger partial charge in [-0.2, -0.15) is 0 Å². The topological polar surface area (TPSA) is 118 Å². The van der Waals surface area contributed by atoms with E-state index < -0.39 is 0 Å². The lowest BCUT2D eigenvalue weighted by Crippen LogP contribution is -2.46. The van der Waals surface area contributed by atoms with Crippen molar-refractivity contribution in [3.63, 3.8) is 0 Å². The predicted octanol–water partition coefficient (Wildman–Crippen LogP) is 5.06. The number of carbonyl (C=O) groups is 2. The average Bonchev–Trinajstić information content (AvgIpc) is 3.02.